The van der Waals surface area contributed by atoms with Crippen LogP contribution in [0.1, 0.15) is 30.9 Å². The Hall–Kier alpha value is -1.85. The zero-order valence-corrected chi connectivity index (χ0v) is 16.7. The summed E-state index contributed by atoms with van der Waals surface area (Å²) in [6, 6.07) is 15.9. The van der Waals surface area contributed by atoms with Crippen molar-refractivity contribution in [3.8, 4) is 5.75 Å². The molecule has 0 unspecified atom stereocenters. The van der Waals surface area contributed by atoms with Gasteiger partial charge in [-0.1, -0.05) is 40.2 Å². The number of likely N-dealkylation sites (tertiary alicyclic amines) is 1. The molecule has 1 aliphatic heterocycles. The summed E-state index contributed by atoms with van der Waals surface area (Å²) in [5.74, 6) is 0.571. The molecule has 0 radical (unpaired) electrons. The molecule has 0 spiro atoms. The summed E-state index contributed by atoms with van der Waals surface area (Å²) < 4.78 is 6.67. The highest BCUT2D eigenvalue weighted by molar-refractivity contribution is 9.10. The molecular formula is C21H25BrN2O2. The Morgan fingerprint density at radius 2 is 1.85 bits per heavy atom. The van der Waals surface area contributed by atoms with Crippen LogP contribution in [-0.4, -0.2) is 30.0 Å². The number of nitrogens with zero attached hydrogens (tertiary/aromatic N) is 1. The Morgan fingerprint density at radius 3 is 2.58 bits per heavy atom. The van der Waals surface area contributed by atoms with E-state index in [1.807, 2.05) is 30.3 Å². The van der Waals surface area contributed by atoms with Gasteiger partial charge >= 0.3 is 0 Å². The van der Waals surface area contributed by atoms with Gasteiger partial charge in [-0.2, -0.15) is 0 Å². The number of amides is 1. The van der Waals surface area contributed by atoms with Crippen molar-refractivity contribution in [2.45, 2.75) is 39.0 Å². The largest absolute Gasteiger partial charge is 0.481 e. The Balaban J connectivity index is 1.49. The number of hydrogen-bond acceptors (Lipinski definition) is 3. The number of nitrogens with one attached hydrogen (secondary N) is 1. The first-order chi connectivity index (χ1) is 12.6. The fourth-order valence-corrected chi connectivity index (χ4v) is 3.40. The molecule has 2 aromatic carbocycles. The second kappa shape index (κ2) is 9.19. The highest BCUT2D eigenvalue weighted by Crippen LogP contribution is 2.17. The smallest absolute Gasteiger partial charge is 0.261 e. The van der Waals surface area contributed by atoms with E-state index in [-0.39, 0.29) is 5.91 Å². The number of rotatable bonds is 7. The number of carbonyl (C=O) groups is 1. The van der Waals surface area contributed by atoms with Gasteiger partial charge < -0.3 is 10.1 Å². The topological polar surface area (TPSA) is 41.6 Å². The quantitative estimate of drug-likeness (QED) is 0.737. The van der Waals surface area contributed by atoms with E-state index in [0.29, 0.717) is 12.3 Å². The van der Waals surface area contributed by atoms with Crippen LogP contribution < -0.4 is 10.1 Å². The number of carbonyl (C=O) groups excluding carboxylic acids is 1. The fraction of sp³-hybridized carbons (Fsp3) is 0.381. The van der Waals surface area contributed by atoms with Gasteiger partial charge in [-0.15, -0.1) is 0 Å². The molecule has 1 amide bonds. The minimum atomic E-state index is -0.538. The second-order valence-corrected chi connectivity index (χ2v) is 7.65. The Kier molecular flexibility index (Phi) is 6.69. The third-order valence-corrected chi connectivity index (χ3v) is 5.09. The number of ether oxygens (including phenoxy) is 1. The van der Waals surface area contributed by atoms with Crippen molar-refractivity contribution in [1.29, 1.82) is 0 Å². The summed E-state index contributed by atoms with van der Waals surface area (Å²) in [6.45, 7) is 5.64. The van der Waals surface area contributed by atoms with E-state index in [9.17, 15) is 4.79 Å². The molecular weight excluding hydrogens is 392 g/mol. The summed E-state index contributed by atoms with van der Waals surface area (Å²) >= 11 is 3.39. The van der Waals surface area contributed by atoms with Crippen molar-refractivity contribution in [3.63, 3.8) is 0 Å². The average molecular weight is 417 g/mol. The zero-order valence-electron chi connectivity index (χ0n) is 15.1. The number of halogens is 1. The summed E-state index contributed by atoms with van der Waals surface area (Å²) in [5, 5.41) is 2.96. The SMILES string of the molecule is C[C@@H](Oc1ccc(Br)cc1)C(=O)NCc1cccc(CN2CCCC2)c1. The maximum absolute atomic E-state index is 12.3. The van der Waals surface area contributed by atoms with Crippen molar-refractivity contribution in [2.24, 2.45) is 0 Å². The molecule has 1 atom stereocenters. The molecule has 1 N–H and O–H groups in total. The van der Waals surface area contributed by atoms with Crippen molar-refractivity contribution < 1.29 is 9.53 Å². The molecule has 1 saturated heterocycles. The molecule has 5 heteroatoms. The maximum atomic E-state index is 12.3. The Morgan fingerprint density at radius 1 is 1.15 bits per heavy atom. The molecule has 3 rings (SSSR count). The van der Waals surface area contributed by atoms with E-state index >= 15 is 0 Å². The van der Waals surface area contributed by atoms with E-state index in [4.69, 9.17) is 4.74 Å². The molecule has 4 nitrogen and oxygen atoms in total. The van der Waals surface area contributed by atoms with Gasteiger partial charge in [-0.3, -0.25) is 9.69 Å². The van der Waals surface area contributed by atoms with Gasteiger partial charge in [-0.25, -0.2) is 0 Å². The normalized spacial score (nSPS) is 15.6. The minimum absolute atomic E-state index is 0.113. The van der Waals surface area contributed by atoms with Gasteiger partial charge in [0.25, 0.3) is 5.91 Å². The Bertz CT molecular complexity index is 727. The molecule has 2 aromatic rings. The zero-order chi connectivity index (χ0) is 18.4. The third kappa shape index (κ3) is 5.58. The molecule has 0 bridgehead atoms. The third-order valence-electron chi connectivity index (χ3n) is 4.56. The lowest BCUT2D eigenvalue weighted by Crippen LogP contribution is -2.35. The van der Waals surface area contributed by atoms with Crippen LogP contribution in [0.25, 0.3) is 0 Å². The number of benzene rings is 2. The fourth-order valence-electron chi connectivity index (χ4n) is 3.14. The summed E-state index contributed by atoms with van der Waals surface area (Å²) in [6.07, 6.45) is 2.06. The average Bonchev–Trinajstić information content (AvgIpc) is 3.15. The first-order valence-corrected chi connectivity index (χ1v) is 9.89. The maximum Gasteiger partial charge on any atom is 0.261 e. The number of hydrogen-bond donors (Lipinski definition) is 1. The first-order valence-electron chi connectivity index (χ1n) is 9.10. The van der Waals surface area contributed by atoms with Gasteiger partial charge in [-0.05, 0) is 68.2 Å². The van der Waals surface area contributed by atoms with Crippen molar-refractivity contribution in [1.82, 2.24) is 10.2 Å². The predicted molar refractivity (Wildman–Crippen MR) is 107 cm³/mol. The monoisotopic (exact) mass is 416 g/mol. The molecule has 138 valence electrons. The van der Waals surface area contributed by atoms with E-state index in [1.54, 1.807) is 6.92 Å². The van der Waals surface area contributed by atoms with Crippen molar-refractivity contribution >= 4 is 21.8 Å². The van der Waals surface area contributed by atoms with Crippen LogP contribution in [0.3, 0.4) is 0 Å². The predicted octanol–water partition coefficient (Wildman–Crippen LogP) is 4.13. The molecule has 26 heavy (non-hydrogen) atoms. The highest BCUT2D eigenvalue weighted by Gasteiger charge is 2.15. The van der Waals surface area contributed by atoms with Crippen LogP contribution in [-0.2, 0) is 17.9 Å². The van der Waals surface area contributed by atoms with Crippen molar-refractivity contribution in [2.75, 3.05) is 13.1 Å². The van der Waals surface area contributed by atoms with Crippen LogP contribution >= 0.6 is 15.9 Å². The van der Waals surface area contributed by atoms with Crippen LogP contribution in [0.5, 0.6) is 5.75 Å². The van der Waals surface area contributed by atoms with Gasteiger partial charge in [0.05, 0.1) is 0 Å². The van der Waals surface area contributed by atoms with Crippen LogP contribution in [0.4, 0.5) is 0 Å². The van der Waals surface area contributed by atoms with E-state index < -0.39 is 6.10 Å². The van der Waals surface area contributed by atoms with Crippen LogP contribution in [0.15, 0.2) is 53.0 Å². The lowest BCUT2D eigenvalue weighted by atomic mass is 10.1. The molecule has 0 aliphatic carbocycles. The van der Waals surface area contributed by atoms with Crippen LogP contribution in [0.2, 0.25) is 0 Å². The van der Waals surface area contributed by atoms with Crippen LogP contribution in [0, 0.1) is 0 Å². The molecule has 0 aromatic heterocycles. The summed E-state index contributed by atoms with van der Waals surface area (Å²) in [7, 11) is 0. The minimum Gasteiger partial charge on any atom is -0.481 e. The molecule has 0 saturated carbocycles. The second-order valence-electron chi connectivity index (χ2n) is 6.74. The molecule has 1 heterocycles. The lowest BCUT2D eigenvalue weighted by molar-refractivity contribution is -0.127. The van der Waals surface area contributed by atoms with Gasteiger partial charge in [0.15, 0.2) is 6.10 Å². The molecule has 1 aliphatic rings. The standard InChI is InChI=1S/C21H25BrN2O2/c1-16(26-20-9-7-19(22)8-10-20)21(25)23-14-17-5-4-6-18(13-17)15-24-11-2-3-12-24/h4-10,13,16H,2-3,11-12,14-15H2,1H3,(H,23,25)/t16-/m1/s1. The summed E-state index contributed by atoms with van der Waals surface area (Å²) in [5.41, 5.74) is 2.42. The van der Waals surface area contributed by atoms with E-state index in [0.717, 1.165) is 16.6 Å². The molecule has 1 fully saturated rings. The van der Waals surface area contributed by atoms with E-state index in [1.165, 1.54) is 31.5 Å². The van der Waals surface area contributed by atoms with Crippen molar-refractivity contribution in [3.05, 3.63) is 64.1 Å². The van der Waals surface area contributed by atoms with Gasteiger partial charge in [0.2, 0.25) is 0 Å². The first kappa shape index (κ1) is 18.9. The highest BCUT2D eigenvalue weighted by atomic mass is 79.9. The van der Waals surface area contributed by atoms with Gasteiger partial charge in [0.1, 0.15) is 5.75 Å². The van der Waals surface area contributed by atoms with Gasteiger partial charge in [0, 0.05) is 17.6 Å². The summed E-state index contributed by atoms with van der Waals surface area (Å²) in [4.78, 5) is 14.8. The van der Waals surface area contributed by atoms with E-state index in [2.05, 4.69) is 44.3 Å². The Labute approximate surface area is 163 Å². The lowest BCUT2D eigenvalue weighted by Gasteiger charge is -2.16.